The summed E-state index contributed by atoms with van der Waals surface area (Å²) >= 11 is 0. The van der Waals surface area contributed by atoms with Crippen molar-refractivity contribution < 1.29 is 4.74 Å². The van der Waals surface area contributed by atoms with Crippen molar-refractivity contribution in [2.75, 3.05) is 47.4 Å². The monoisotopic (exact) mass is 502 g/mol. The second-order valence-electron chi connectivity index (χ2n) is 7.92. The second kappa shape index (κ2) is 13.4. The Kier molecular flexibility index (Phi) is 12.0. The van der Waals surface area contributed by atoms with Crippen molar-refractivity contribution in [1.82, 2.24) is 15.5 Å². The van der Waals surface area contributed by atoms with Crippen LogP contribution < -0.4 is 10.6 Å². The van der Waals surface area contributed by atoms with Gasteiger partial charge in [0.15, 0.2) is 5.96 Å². The zero-order valence-electron chi connectivity index (χ0n) is 18.0. The Balaban J connectivity index is 0.00000392. The highest BCUT2D eigenvalue weighted by molar-refractivity contribution is 14.0. The lowest BCUT2D eigenvalue weighted by molar-refractivity contribution is 0.141. The van der Waals surface area contributed by atoms with Crippen LogP contribution in [0.2, 0.25) is 0 Å². The first-order valence-corrected chi connectivity index (χ1v) is 10.3. The third kappa shape index (κ3) is 7.87. The molecule has 2 N–H and O–H groups in total. The van der Waals surface area contributed by atoms with Gasteiger partial charge in [-0.1, -0.05) is 43.2 Å². The highest BCUT2D eigenvalue weighted by atomic mass is 127. The van der Waals surface area contributed by atoms with Gasteiger partial charge in [0.1, 0.15) is 0 Å². The van der Waals surface area contributed by atoms with Crippen LogP contribution >= 0.6 is 24.0 Å². The summed E-state index contributed by atoms with van der Waals surface area (Å²) in [5, 5.41) is 6.98. The maximum absolute atomic E-state index is 5.35. The van der Waals surface area contributed by atoms with Crippen molar-refractivity contribution in [1.29, 1.82) is 0 Å². The van der Waals surface area contributed by atoms with E-state index >= 15 is 0 Å². The lowest BCUT2D eigenvalue weighted by Gasteiger charge is -2.28. The zero-order valence-corrected chi connectivity index (χ0v) is 20.4. The molecule has 1 aromatic rings. The van der Waals surface area contributed by atoms with Crippen molar-refractivity contribution in [3.05, 3.63) is 35.9 Å². The van der Waals surface area contributed by atoms with Crippen molar-refractivity contribution in [3.8, 4) is 0 Å². The number of nitrogens with zero attached hydrogens (tertiary/aromatic N) is 2. The highest BCUT2D eigenvalue weighted by Gasteiger charge is 2.33. The average molecular weight is 502 g/mol. The fourth-order valence-electron chi connectivity index (χ4n) is 3.99. The topological polar surface area (TPSA) is 48.9 Å². The molecule has 1 aromatic carbocycles. The first-order valence-electron chi connectivity index (χ1n) is 10.3. The Bertz CT molecular complexity index is 559. The van der Waals surface area contributed by atoms with E-state index in [4.69, 9.17) is 9.73 Å². The number of benzene rings is 1. The summed E-state index contributed by atoms with van der Waals surface area (Å²) in [6.45, 7) is 5.52. The molecule has 1 unspecified atom stereocenters. The van der Waals surface area contributed by atoms with E-state index in [1.54, 1.807) is 7.11 Å². The number of guanidine groups is 1. The van der Waals surface area contributed by atoms with Crippen LogP contribution in [0.3, 0.4) is 0 Å². The zero-order chi connectivity index (χ0) is 19.5. The molecule has 0 bridgehead atoms. The van der Waals surface area contributed by atoms with Crippen LogP contribution in [0.5, 0.6) is 0 Å². The number of hydrogen-bond donors (Lipinski definition) is 2. The van der Waals surface area contributed by atoms with E-state index in [1.807, 2.05) is 0 Å². The first kappa shape index (κ1) is 25.2. The summed E-state index contributed by atoms with van der Waals surface area (Å²) < 4.78 is 5.35. The summed E-state index contributed by atoms with van der Waals surface area (Å²) in [6, 6.07) is 11.0. The molecule has 6 heteroatoms. The van der Waals surface area contributed by atoms with Crippen molar-refractivity contribution in [2.24, 2.45) is 10.4 Å². The molecule has 1 saturated carbocycles. The fraction of sp³-hybridized carbons (Fsp3) is 0.682. The van der Waals surface area contributed by atoms with Crippen LogP contribution in [-0.4, -0.2) is 58.3 Å². The Morgan fingerprint density at radius 1 is 1.18 bits per heavy atom. The van der Waals surface area contributed by atoms with Crippen LogP contribution in [0, 0.1) is 5.41 Å². The molecule has 28 heavy (non-hydrogen) atoms. The van der Waals surface area contributed by atoms with Gasteiger partial charge in [0, 0.05) is 33.4 Å². The number of nitrogens with one attached hydrogen (secondary N) is 2. The largest absolute Gasteiger partial charge is 0.385 e. The molecule has 5 nitrogen and oxygen atoms in total. The Hall–Kier alpha value is -0.860. The van der Waals surface area contributed by atoms with Gasteiger partial charge < -0.3 is 20.3 Å². The van der Waals surface area contributed by atoms with Gasteiger partial charge in [0.05, 0.1) is 6.04 Å². The predicted octanol–water partition coefficient (Wildman–Crippen LogP) is 4.06. The molecular formula is C22H39IN4O. The van der Waals surface area contributed by atoms with Gasteiger partial charge in [0.2, 0.25) is 0 Å². The van der Waals surface area contributed by atoms with E-state index in [0.29, 0.717) is 11.5 Å². The summed E-state index contributed by atoms with van der Waals surface area (Å²) in [5.41, 5.74) is 1.64. The molecule has 0 amide bonds. The normalized spacial score (nSPS) is 17.2. The number of ether oxygens (including phenoxy) is 1. The molecule has 2 rings (SSSR count). The lowest BCUT2D eigenvalue weighted by Crippen LogP contribution is -2.42. The Labute approximate surface area is 188 Å². The molecule has 0 aromatic heterocycles. The van der Waals surface area contributed by atoms with Crippen molar-refractivity contribution >= 4 is 29.9 Å². The van der Waals surface area contributed by atoms with Crippen LogP contribution in [0.25, 0.3) is 0 Å². The summed E-state index contributed by atoms with van der Waals surface area (Å²) in [5.74, 6) is 0.920. The van der Waals surface area contributed by atoms with E-state index in [-0.39, 0.29) is 24.0 Å². The molecule has 1 aliphatic carbocycles. The standard InChI is InChI=1S/C22H38N4O.HI/c1-5-23-21(25-18-22(15-16-27-4)13-9-10-14-22)24-17-20(26(2)3)19-11-7-6-8-12-19;/h6-8,11-12,20H,5,9-10,13-18H2,1-4H3,(H2,23,24,25);1H. The number of halogens is 1. The molecular weight excluding hydrogens is 463 g/mol. The van der Waals surface area contributed by atoms with Crippen LogP contribution in [0.1, 0.15) is 50.6 Å². The minimum Gasteiger partial charge on any atom is -0.385 e. The van der Waals surface area contributed by atoms with Gasteiger partial charge in [-0.05, 0) is 51.3 Å². The smallest absolute Gasteiger partial charge is 0.191 e. The van der Waals surface area contributed by atoms with Crippen LogP contribution in [0.15, 0.2) is 35.3 Å². The average Bonchev–Trinajstić information content (AvgIpc) is 3.14. The van der Waals surface area contributed by atoms with Gasteiger partial charge in [-0.25, -0.2) is 0 Å². The Morgan fingerprint density at radius 2 is 1.86 bits per heavy atom. The number of hydrogen-bond acceptors (Lipinski definition) is 3. The van der Waals surface area contributed by atoms with E-state index in [0.717, 1.165) is 38.6 Å². The lowest BCUT2D eigenvalue weighted by atomic mass is 9.83. The summed E-state index contributed by atoms with van der Waals surface area (Å²) in [4.78, 5) is 7.22. The number of methoxy groups -OCH3 is 1. The minimum atomic E-state index is 0. The third-order valence-corrected chi connectivity index (χ3v) is 5.69. The molecule has 1 aliphatic rings. The molecule has 1 fully saturated rings. The SMILES string of the molecule is CCNC(=NCC1(CCOC)CCCC1)NCC(c1ccccc1)N(C)C.I. The maximum atomic E-state index is 5.35. The quantitative estimate of drug-likeness (QED) is 0.288. The molecule has 0 aliphatic heterocycles. The molecule has 0 heterocycles. The van der Waals surface area contributed by atoms with Crippen molar-refractivity contribution in [3.63, 3.8) is 0 Å². The second-order valence-corrected chi connectivity index (χ2v) is 7.92. The fourth-order valence-corrected chi connectivity index (χ4v) is 3.99. The minimum absolute atomic E-state index is 0. The van der Waals surface area contributed by atoms with Crippen LogP contribution in [0.4, 0.5) is 0 Å². The molecule has 0 radical (unpaired) electrons. The first-order chi connectivity index (χ1) is 13.1. The molecule has 160 valence electrons. The summed E-state index contributed by atoms with van der Waals surface area (Å²) in [6.07, 6.45) is 6.28. The summed E-state index contributed by atoms with van der Waals surface area (Å²) in [7, 11) is 6.05. The van der Waals surface area contributed by atoms with Crippen molar-refractivity contribution in [2.45, 2.75) is 45.1 Å². The molecule has 0 saturated heterocycles. The molecule has 0 spiro atoms. The van der Waals surface area contributed by atoms with Gasteiger partial charge in [0.25, 0.3) is 0 Å². The van der Waals surface area contributed by atoms with E-state index in [1.165, 1.54) is 31.2 Å². The van der Waals surface area contributed by atoms with E-state index in [9.17, 15) is 0 Å². The molecule has 1 atom stereocenters. The number of likely N-dealkylation sites (N-methyl/N-ethyl adjacent to an activating group) is 1. The maximum Gasteiger partial charge on any atom is 0.191 e. The van der Waals surface area contributed by atoms with E-state index in [2.05, 4.69) is 66.9 Å². The predicted molar refractivity (Wildman–Crippen MR) is 130 cm³/mol. The number of rotatable bonds is 10. The van der Waals surface area contributed by atoms with Crippen LogP contribution in [-0.2, 0) is 4.74 Å². The van der Waals surface area contributed by atoms with E-state index < -0.39 is 0 Å². The number of aliphatic imine (C=N–C) groups is 1. The van der Waals surface area contributed by atoms with Gasteiger partial charge >= 0.3 is 0 Å². The Morgan fingerprint density at radius 3 is 2.43 bits per heavy atom. The van der Waals surface area contributed by atoms with Gasteiger partial charge in [-0.2, -0.15) is 0 Å². The van der Waals surface area contributed by atoms with Gasteiger partial charge in [-0.3, -0.25) is 4.99 Å². The van der Waals surface area contributed by atoms with Gasteiger partial charge in [-0.15, -0.1) is 24.0 Å². The third-order valence-electron chi connectivity index (χ3n) is 5.69. The highest BCUT2D eigenvalue weighted by Crippen LogP contribution is 2.41.